The third-order valence-corrected chi connectivity index (χ3v) is 4.00. The second-order valence-corrected chi connectivity index (χ2v) is 6.16. The molecule has 11 nitrogen and oxygen atoms in total. The number of hydrogen-bond acceptors (Lipinski definition) is 8. The average molecular weight is 411 g/mol. The van der Waals surface area contributed by atoms with Crippen LogP contribution in [0.15, 0.2) is 34.2 Å². The molecule has 30 heavy (non-hydrogen) atoms. The Morgan fingerprint density at radius 2 is 2.13 bits per heavy atom. The number of benzene rings is 1. The van der Waals surface area contributed by atoms with Gasteiger partial charge in [-0.3, -0.25) is 14.6 Å². The molecule has 0 saturated heterocycles. The first-order valence-corrected chi connectivity index (χ1v) is 9.08. The van der Waals surface area contributed by atoms with Crippen molar-refractivity contribution in [2.75, 3.05) is 13.7 Å². The second-order valence-electron chi connectivity index (χ2n) is 6.16. The highest BCUT2D eigenvalue weighted by molar-refractivity contribution is 5.94. The molecule has 3 rings (SSSR count). The van der Waals surface area contributed by atoms with E-state index in [0.29, 0.717) is 29.4 Å². The van der Waals surface area contributed by atoms with Crippen LogP contribution in [-0.4, -0.2) is 50.8 Å². The molecule has 0 spiro atoms. The molecule has 156 valence electrons. The second kappa shape index (κ2) is 8.99. The van der Waals surface area contributed by atoms with Crippen LogP contribution in [0, 0.1) is 13.8 Å². The zero-order valence-electron chi connectivity index (χ0n) is 17.0. The van der Waals surface area contributed by atoms with Crippen molar-refractivity contribution in [3.8, 4) is 17.4 Å². The van der Waals surface area contributed by atoms with Gasteiger partial charge < -0.3 is 9.47 Å². The van der Waals surface area contributed by atoms with Crippen molar-refractivity contribution < 1.29 is 14.3 Å². The summed E-state index contributed by atoms with van der Waals surface area (Å²) in [5, 5.41) is 15.9. The predicted octanol–water partition coefficient (Wildman–Crippen LogP) is 1.14. The number of aromatic nitrogens is 5. The molecule has 0 radical (unpaired) electrons. The number of methoxy groups -OCH3 is 1. The number of rotatable bonds is 7. The van der Waals surface area contributed by atoms with Gasteiger partial charge in [0.2, 0.25) is 0 Å². The number of hydrogen-bond donors (Lipinski definition) is 2. The molecule has 1 aromatic carbocycles. The maximum atomic E-state index is 12.6. The number of para-hydroxylation sites is 1. The van der Waals surface area contributed by atoms with Gasteiger partial charge in [-0.1, -0.05) is 6.07 Å². The number of ether oxygens (including phenoxy) is 2. The van der Waals surface area contributed by atoms with Crippen molar-refractivity contribution in [3.63, 3.8) is 0 Å². The fourth-order valence-electron chi connectivity index (χ4n) is 2.61. The smallest absolute Gasteiger partial charge is 0.290 e. The molecule has 2 N–H and O–H groups in total. The van der Waals surface area contributed by atoms with Crippen LogP contribution in [0.25, 0.3) is 5.95 Å². The highest BCUT2D eigenvalue weighted by Gasteiger charge is 2.17. The highest BCUT2D eigenvalue weighted by Crippen LogP contribution is 2.29. The average Bonchev–Trinajstić information content (AvgIpc) is 3.13. The van der Waals surface area contributed by atoms with Crippen molar-refractivity contribution in [3.05, 3.63) is 57.3 Å². The van der Waals surface area contributed by atoms with E-state index in [4.69, 9.17) is 9.47 Å². The first-order valence-electron chi connectivity index (χ1n) is 9.08. The fourth-order valence-corrected chi connectivity index (χ4v) is 2.61. The number of carbonyl (C=O) groups excluding carboxylic acids is 1. The maximum absolute atomic E-state index is 12.6. The number of hydrazone groups is 1. The molecule has 0 atom stereocenters. The van der Waals surface area contributed by atoms with Crippen LogP contribution in [-0.2, 0) is 0 Å². The summed E-state index contributed by atoms with van der Waals surface area (Å²) < 4.78 is 12.1. The molecule has 1 amide bonds. The van der Waals surface area contributed by atoms with Gasteiger partial charge >= 0.3 is 0 Å². The van der Waals surface area contributed by atoms with Crippen LogP contribution < -0.4 is 20.5 Å². The van der Waals surface area contributed by atoms with E-state index < -0.39 is 11.5 Å². The van der Waals surface area contributed by atoms with E-state index in [1.165, 1.54) is 17.8 Å². The van der Waals surface area contributed by atoms with E-state index in [2.05, 4.69) is 30.8 Å². The van der Waals surface area contributed by atoms with Gasteiger partial charge in [-0.05, 0) is 39.0 Å². The topological polar surface area (TPSA) is 136 Å². The first kappa shape index (κ1) is 20.7. The summed E-state index contributed by atoms with van der Waals surface area (Å²) >= 11 is 0. The molecule has 0 unspecified atom stereocenters. The summed E-state index contributed by atoms with van der Waals surface area (Å²) in [6, 6.07) is 6.88. The number of nitrogens with zero attached hydrogens (tertiary/aromatic N) is 5. The minimum Gasteiger partial charge on any atom is -0.493 e. The summed E-state index contributed by atoms with van der Waals surface area (Å²) in [7, 11) is 1.54. The summed E-state index contributed by atoms with van der Waals surface area (Å²) in [4.78, 5) is 27.0. The van der Waals surface area contributed by atoms with Gasteiger partial charge in [0.05, 0.1) is 25.6 Å². The number of carbonyl (C=O) groups is 1. The Labute approximate surface area is 171 Å². The minimum absolute atomic E-state index is 0.0271. The van der Waals surface area contributed by atoms with Crippen LogP contribution in [0.2, 0.25) is 0 Å². The first-order chi connectivity index (χ1) is 14.4. The van der Waals surface area contributed by atoms with Gasteiger partial charge in [0.1, 0.15) is 11.4 Å². The molecule has 2 aromatic heterocycles. The van der Waals surface area contributed by atoms with E-state index in [1.54, 1.807) is 38.3 Å². The quantitative estimate of drug-likeness (QED) is 0.439. The van der Waals surface area contributed by atoms with Crippen LogP contribution in [0.1, 0.15) is 34.4 Å². The lowest BCUT2D eigenvalue weighted by atomic mass is 10.2. The molecule has 0 aliphatic carbocycles. The number of H-pyrrole nitrogens is 1. The van der Waals surface area contributed by atoms with Crippen LogP contribution >= 0.6 is 0 Å². The van der Waals surface area contributed by atoms with Gasteiger partial charge in [0.15, 0.2) is 11.5 Å². The normalized spacial score (nSPS) is 10.9. The summed E-state index contributed by atoms with van der Waals surface area (Å²) in [5.74, 6) is 0.562. The van der Waals surface area contributed by atoms with Gasteiger partial charge in [-0.15, -0.1) is 10.2 Å². The Hall–Kier alpha value is -4.02. The molecule has 0 bridgehead atoms. The van der Waals surface area contributed by atoms with Gasteiger partial charge in [-0.25, -0.2) is 5.43 Å². The van der Waals surface area contributed by atoms with Crippen LogP contribution in [0.4, 0.5) is 0 Å². The Morgan fingerprint density at radius 1 is 1.33 bits per heavy atom. The Morgan fingerprint density at radius 3 is 2.83 bits per heavy atom. The van der Waals surface area contributed by atoms with Crippen LogP contribution in [0.3, 0.4) is 0 Å². The Kier molecular flexibility index (Phi) is 6.20. The lowest BCUT2D eigenvalue weighted by Gasteiger charge is -2.11. The van der Waals surface area contributed by atoms with E-state index in [1.807, 2.05) is 6.92 Å². The zero-order valence-corrected chi connectivity index (χ0v) is 17.0. The van der Waals surface area contributed by atoms with Gasteiger partial charge in [0.25, 0.3) is 17.4 Å². The summed E-state index contributed by atoms with van der Waals surface area (Å²) in [6.07, 6.45) is 1.45. The Balaban J connectivity index is 1.84. The largest absolute Gasteiger partial charge is 0.493 e. The molecule has 0 aliphatic heterocycles. The fraction of sp³-hybridized carbons (Fsp3) is 0.263. The van der Waals surface area contributed by atoms with Gasteiger partial charge in [-0.2, -0.15) is 14.9 Å². The molecule has 0 saturated carbocycles. The highest BCUT2D eigenvalue weighted by atomic mass is 16.5. The number of aromatic amines is 1. The van der Waals surface area contributed by atoms with Crippen molar-refractivity contribution >= 4 is 12.1 Å². The molecular formula is C19H21N7O4. The molecule has 0 fully saturated rings. The van der Waals surface area contributed by atoms with E-state index in [0.717, 1.165) is 0 Å². The van der Waals surface area contributed by atoms with Crippen LogP contribution in [0.5, 0.6) is 11.5 Å². The summed E-state index contributed by atoms with van der Waals surface area (Å²) in [6.45, 7) is 5.54. The molecule has 0 aliphatic rings. The monoisotopic (exact) mass is 411 g/mol. The van der Waals surface area contributed by atoms with E-state index >= 15 is 0 Å². The van der Waals surface area contributed by atoms with Crippen molar-refractivity contribution in [1.29, 1.82) is 0 Å². The number of amides is 1. The number of nitrogens with one attached hydrogen (secondary N) is 2. The van der Waals surface area contributed by atoms with Crippen molar-refractivity contribution in [2.24, 2.45) is 5.10 Å². The molecular weight excluding hydrogens is 390 g/mol. The van der Waals surface area contributed by atoms with Crippen molar-refractivity contribution in [2.45, 2.75) is 20.8 Å². The molecule has 2 heterocycles. The third-order valence-electron chi connectivity index (χ3n) is 4.00. The molecule has 3 aromatic rings. The molecule has 11 heteroatoms. The van der Waals surface area contributed by atoms with E-state index in [9.17, 15) is 9.59 Å². The maximum Gasteiger partial charge on any atom is 0.290 e. The predicted molar refractivity (Wildman–Crippen MR) is 108 cm³/mol. The van der Waals surface area contributed by atoms with E-state index in [-0.39, 0.29) is 17.3 Å². The lowest BCUT2D eigenvalue weighted by Crippen LogP contribution is -2.24. The standard InChI is InChI=1S/C19H21N7O4/c1-5-30-16-13(7-6-8-15(16)29-4)10-20-23-18(28)14-9-11(2)25-26(14)19-21-17(27)12(3)22-24-19/h6-10H,5H2,1-4H3,(H,23,28)(H,21,24,27)/b20-10-. The lowest BCUT2D eigenvalue weighted by molar-refractivity contribution is 0.0947. The number of aryl methyl sites for hydroxylation is 2. The SMILES string of the molecule is CCOc1c(/C=N\NC(=O)c2cc(C)nn2-c2nnc(C)c(=O)[nH]2)cccc1OC. The summed E-state index contributed by atoms with van der Waals surface area (Å²) in [5.41, 5.74) is 3.55. The van der Waals surface area contributed by atoms with Gasteiger partial charge in [0, 0.05) is 5.56 Å². The zero-order chi connectivity index (χ0) is 21.7. The third kappa shape index (κ3) is 4.35. The Bertz CT molecular complexity index is 1150. The minimum atomic E-state index is -0.545. The van der Waals surface area contributed by atoms with Crippen molar-refractivity contribution in [1.82, 2.24) is 30.4 Å².